The van der Waals surface area contributed by atoms with Crippen molar-refractivity contribution in [3.63, 3.8) is 0 Å². The van der Waals surface area contributed by atoms with Gasteiger partial charge in [-0.25, -0.2) is 0 Å². The molecule has 0 spiro atoms. The minimum Gasteiger partial charge on any atom is -0.428 e. The average molecular weight is 222 g/mol. The molecule has 76 valence electrons. The molecular weight excluding hydrogens is 204 g/mol. The number of hydrogen-bond donors (Lipinski definition) is 0. The second kappa shape index (κ2) is 4.91. The van der Waals surface area contributed by atoms with Crippen LogP contribution in [0.1, 0.15) is 24.4 Å². The summed E-state index contributed by atoms with van der Waals surface area (Å²) in [5.74, 6) is 0. The van der Waals surface area contributed by atoms with E-state index in [4.69, 9.17) is 4.43 Å². The Morgan fingerprint density at radius 2 is 2.14 bits per heavy atom. The molecule has 1 nitrogen and oxygen atoms in total. The summed E-state index contributed by atoms with van der Waals surface area (Å²) in [5, 5.41) is 0. The van der Waals surface area contributed by atoms with Crippen LogP contribution in [0.3, 0.4) is 0 Å². The van der Waals surface area contributed by atoms with Gasteiger partial charge in [0, 0.05) is 6.61 Å². The molecule has 1 fully saturated rings. The fraction of sp³-hybridized carbons (Fsp3) is 0.455. The van der Waals surface area contributed by atoms with Gasteiger partial charge in [-0.15, -0.1) is 0 Å². The second-order valence-electron chi connectivity index (χ2n) is 4.18. The first-order valence-corrected chi connectivity index (χ1v) is 10.8. The van der Waals surface area contributed by atoms with Gasteiger partial charge >= 0.3 is 0 Å². The first-order valence-electron chi connectivity index (χ1n) is 5.50. The Kier molecular flexibility index (Phi) is 3.56. The van der Waals surface area contributed by atoms with E-state index in [0.29, 0.717) is 0 Å². The maximum absolute atomic E-state index is 5.73. The second-order valence-corrected chi connectivity index (χ2v) is 12.2. The molecule has 0 radical (unpaired) electrons. The predicted molar refractivity (Wildman–Crippen MR) is 65.9 cm³/mol. The van der Waals surface area contributed by atoms with E-state index >= 15 is 0 Å². The van der Waals surface area contributed by atoms with Crippen molar-refractivity contribution in [1.29, 1.82) is 0 Å². The van der Waals surface area contributed by atoms with Crippen molar-refractivity contribution in [2.75, 3.05) is 6.61 Å². The molecule has 1 heterocycles. The van der Waals surface area contributed by atoms with E-state index in [9.17, 15) is 0 Å². The third kappa shape index (κ3) is 2.35. The summed E-state index contributed by atoms with van der Waals surface area (Å²) in [6, 6.07) is 12.5. The largest absolute Gasteiger partial charge is 0.428 e. The maximum Gasteiger partial charge on any atom is 0.147 e. The van der Waals surface area contributed by atoms with Gasteiger partial charge in [-0.1, -0.05) is 43.3 Å². The molecule has 0 saturated carbocycles. The lowest BCUT2D eigenvalue weighted by molar-refractivity contribution is 0.334. The van der Waals surface area contributed by atoms with Crippen LogP contribution in [-0.4, -0.2) is 24.2 Å². The summed E-state index contributed by atoms with van der Waals surface area (Å²) in [7, 11) is -0.660. The molecule has 0 bridgehead atoms. The van der Waals surface area contributed by atoms with Crippen LogP contribution in [-0.2, 0) is 4.43 Å². The normalized spacial score (nSPS) is 26.2. The van der Waals surface area contributed by atoms with Gasteiger partial charge in [-0.05, 0) is 17.5 Å². The minimum atomic E-state index is -0.530. The molecule has 2 rings (SSSR count). The molecule has 14 heavy (non-hydrogen) atoms. The highest BCUT2D eigenvalue weighted by atomic mass is 29.2. The van der Waals surface area contributed by atoms with E-state index in [1.807, 2.05) is 0 Å². The van der Waals surface area contributed by atoms with Crippen LogP contribution < -0.4 is 0 Å². The van der Waals surface area contributed by atoms with Crippen molar-refractivity contribution < 1.29 is 4.43 Å². The third-order valence-corrected chi connectivity index (χ3v) is 12.5. The van der Waals surface area contributed by atoms with Crippen LogP contribution in [0.25, 0.3) is 0 Å². The summed E-state index contributed by atoms with van der Waals surface area (Å²) in [6.45, 7) is 3.46. The Morgan fingerprint density at radius 1 is 1.36 bits per heavy atom. The van der Waals surface area contributed by atoms with E-state index in [1.54, 1.807) is 5.56 Å². The van der Waals surface area contributed by atoms with Gasteiger partial charge in [0.1, 0.15) is 9.28 Å². The van der Waals surface area contributed by atoms with Crippen molar-refractivity contribution in [1.82, 2.24) is 0 Å². The fourth-order valence-corrected chi connectivity index (χ4v) is 9.73. The zero-order chi connectivity index (χ0) is 9.80. The van der Waals surface area contributed by atoms with Crippen molar-refractivity contribution in [2.45, 2.75) is 24.9 Å². The minimum absolute atomic E-state index is 0.130. The van der Waals surface area contributed by atoms with Crippen LogP contribution in [0, 0.1) is 0 Å². The lowest BCUT2D eigenvalue weighted by Crippen LogP contribution is -2.35. The van der Waals surface area contributed by atoms with Gasteiger partial charge in [0.25, 0.3) is 0 Å². The Balaban J connectivity index is 2.03. The zero-order valence-corrected chi connectivity index (χ0v) is 11.3. The topological polar surface area (TPSA) is 9.23 Å². The molecule has 0 aromatic heterocycles. The summed E-state index contributed by atoms with van der Waals surface area (Å²) in [4.78, 5) is 0. The molecule has 1 aliphatic heterocycles. The Hall–Kier alpha value is -0.386. The number of hydrogen-bond acceptors (Lipinski definition) is 1. The van der Waals surface area contributed by atoms with E-state index in [2.05, 4.69) is 37.3 Å². The molecule has 0 amide bonds. The van der Waals surface area contributed by atoms with Gasteiger partial charge in [-0.2, -0.15) is 0 Å². The van der Waals surface area contributed by atoms with Gasteiger partial charge in [0.2, 0.25) is 0 Å². The highest BCUT2D eigenvalue weighted by molar-refractivity contribution is 7.10. The fourth-order valence-electron chi connectivity index (χ4n) is 2.19. The van der Waals surface area contributed by atoms with E-state index < -0.39 is 8.31 Å². The lowest BCUT2D eigenvalue weighted by Gasteiger charge is -2.26. The van der Waals surface area contributed by atoms with Crippen LogP contribution in [0.5, 0.6) is 0 Å². The van der Waals surface area contributed by atoms with Crippen molar-refractivity contribution >= 4 is 17.6 Å². The predicted octanol–water partition coefficient (Wildman–Crippen LogP) is 1.56. The van der Waals surface area contributed by atoms with Crippen molar-refractivity contribution in [2.24, 2.45) is 0 Å². The molecule has 1 saturated heterocycles. The van der Waals surface area contributed by atoms with E-state index in [-0.39, 0.29) is 9.28 Å². The van der Waals surface area contributed by atoms with Crippen LogP contribution in [0.4, 0.5) is 0 Å². The maximum atomic E-state index is 5.73. The van der Waals surface area contributed by atoms with Gasteiger partial charge < -0.3 is 4.43 Å². The molecular formula is C11H18OSi2. The molecule has 1 aromatic carbocycles. The van der Waals surface area contributed by atoms with Gasteiger partial charge in [0.05, 0.1) is 8.31 Å². The van der Waals surface area contributed by atoms with Crippen molar-refractivity contribution in [3.05, 3.63) is 35.9 Å². The molecule has 1 aliphatic rings. The standard InChI is InChI=1S/C11H18OSi2/c1-10(11-6-3-2-4-7-11)14-9-5-8-12-13-14/h2-4,6-7,10,14H,5,8-9,13H2,1H3. The summed E-state index contributed by atoms with van der Waals surface area (Å²) in [5.41, 5.74) is 2.38. The number of benzene rings is 1. The molecule has 2 unspecified atom stereocenters. The summed E-state index contributed by atoms with van der Waals surface area (Å²) in [6.07, 6.45) is 1.32. The van der Waals surface area contributed by atoms with Gasteiger partial charge in [0.15, 0.2) is 0 Å². The van der Waals surface area contributed by atoms with Crippen LogP contribution in [0.2, 0.25) is 6.04 Å². The Morgan fingerprint density at radius 3 is 2.79 bits per heavy atom. The molecule has 3 heteroatoms. The quantitative estimate of drug-likeness (QED) is 0.690. The SMILES string of the molecule is CC(c1ccccc1)[SiH]1CCCO[SiH2]1. The van der Waals surface area contributed by atoms with Crippen molar-refractivity contribution in [3.8, 4) is 0 Å². The Bertz CT molecular complexity index is 270. The molecule has 0 N–H and O–H groups in total. The zero-order valence-electron chi connectivity index (χ0n) is 8.78. The lowest BCUT2D eigenvalue weighted by atomic mass is 10.2. The smallest absolute Gasteiger partial charge is 0.147 e. The van der Waals surface area contributed by atoms with Crippen LogP contribution in [0.15, 0.2) is 30.3 Å². The van der Waals surface area contributed by atoms with Gasteiger partial charge in [-0.3, -0.25) is 0 Å². The molecule has 1 aromatic rings. The molecule has 2 atom stereocenters. The third-order valence-electron chi connectivity index (χ3n) is 3.23. The summed E-state index contributed by atoms with van der Waals surface area (Å²) < 4.78 is 5.73. The van der Waals surface area contributed by atoms with Crippen LogP contribution >= 0.6 is 0 Å². The van der Waals surface area contributed by atoms with E-state index in [0.717, 1.165) is 12.1 Å². The number of rotatable bonds is 2. The monoisotopic (exact) mass is 222 g/mol. The highest BCUT2D eigenvalue weighted by Crippen LogP contribution is 2.22. The Labute approximate surface area is 89.8 Å². The molecule has 0 aliphatic carbocycles. The first kappa shape index (κ1) is 10.1. The van der Waals surface area contributed by atoms with E-state index in [1.165, 1.54) is 12.5 Å². The highest BCUT2D eigenvalue weighted by Gasteiger charge is 2.23. The summed E-state index contributed by atoms with van der Waals surface area (Å²) >= 11 is 0. The first-order chi connectivity index (χ1) is 6.88. The average Bonchev–Trinajstić information content (AvgIpc) is 2.30.